The molecule has 2 atom stereocenters. The molecule has 2 unspecified atom stereocenters. The Morgan fingerprint density at radius 2 is 2.22 bits per heavy atom. The molecule has 2 heteroatoms. The monoisotopic (exact) mass is 308 g/mol. The Hall–Kier alpha value is -0.630. The molecule has 0 spiro atoms. The van der Waals surface area contributed by atoms with Gasteiger partial charge in [-0.15, -0.1) is 0 Å². The van der Waals surface area contributed by atoms with Crippen LogP contribution < -0.4 is 0 Å². The third kappa shape index (κ3) is 3.68. The van der Waals surface area contributed by atoms with E-state index in [1.54, 1.807) is 0 Å². The molecule has 1 saturated carbocycles. The van der Waals surface area contributed by atoms with Crippen LogP contribution in [0.25, 0.3) is 0 Å². The van der Waals surface area contributed by atoms with E-state index < -0.39 is 0 Å². The van der Waals surface area contributed by atoms with E-state index in [1.165, 1.54) is 18.4 Å². The van der Waals surface area contributed by atoms with Gasteiger partial charge in [-0.1, -0.05) is 47.8 Å². The Bertz CT molecular complexity index is 413. The number of carbonyl (C=O) groups excluding carboxylic acids is 1. The Morgan fingerprint density at radius 3 is 2.94 bits per heavy atom. The second-order valence-electron chi connectivity index (χ2n) is 5.43. The maximum atomic E-state index is 12.0. The van der Waals surface area contributed by atoms with Crippen molar-refractivity contribution in [1.82, 2.24) is 0 Å². The van der Waals surface area contributed by atoms with Gasteiger partial charge in [0.05, 0.1) is 0 Å². The number of benzene rings is 1. The third-order valence-electron chi connectivity index (χ3n) is 3.94. The number of Topliss-reactive ketones (excluding diaryl/α,β-unsaturated/α-hetero) is 1. The topological polar surface area (TPSA) is 17.1 Å². The van der Waals surface area contributed by atoms with Crippen molar-refractivity contribution in [3.8, 4) is 0 Å². The summed E-state index contributed by atoms with van der Waals surface area (Å²) in [6.45, 7) is 2.24. The van der Waals surface area contributed by atoms with Gasteiger partial charge in [-0.05, 0) is 42.9 Å². The van der Waals surface area contributed by atoms with E-state index in [2.05, 4.69) is 41.1 Å². The number of halogens is 1. The molecule has 2 rings (SSSR count). The summed E-state index contributed by atoms with van der Waals surface area (Å²) in [5, 5.41) is 0. The molecular weight excluding hydrogens is 288 g/mol. The summed E-state index contributed by atoms with van der Waals surface area (Å²) >= 11 is 3.49. The van der Waals surface area contributed by atoms with Crippen molar-refractivity contribution in [2.45, 2.75) is 45.4 Å². The SMILES string of the molecule is CCCC1CCC(=O)C(Cc2cccc(Br)c2)C1. The first-order valence-corrected chi connectivity index (χ1v) is 7.75. The predicted molar refractivity (Wildman–Crippen MR) is 78.6 cm³/mol. The molecule has 1 nitrogen and oxygen atoms in total. The fraction of sp³-hybridized carbons (Fsp3) is 0.562. The van der Waals surface area contributed by atoms with Gasteiger partial charge >= 0.3 is 0 Å². The summed E-state index contributed by atoms with van der Waals surface area (Å²) in [5.41, 5.74) is 1.28. The van der Waals surface area contributed by atoms with Gasteiger partial charge in [0.2, 0.25) is 0 Å². The Morgan fingerprint density at radius 1 is 1.39 bits per heavy atom. The van der Waals surface area contributed by atoms with Crippen LogP contribution in [0.5, 0.6) is 0 Å². The molecule has 0 aliphatic heterocycles. The smallest absolute Gasteiger partial charge is 0.136 e. The van der Waals surface area contributed by atoms with Gasteiger partial charge in [0, 0.05) is 16.8 Å². The molecule has 0 saturated heterocycles. The van der Waals surface area contributed by atoms with Gasteiger partial charge in [0.1, 0.15) is 5.78 Å². The maximum absolute atomic E-state index is 12.0. The van der Waals surface area contributed by atoms with Crippen molar-refractivity contribution >= 4 is 21.7 Å². The number of carbonyl (C=O) groups is 1. The van der Waals surface area contributed by atoms with Crippen molar-refractivity contribution in [1.29, 1.82) is 0 Å². The van der Waals surface area contributed by atoms with E-state index in [-0.39, 0.29) is 5.92 Å². The van der Waals surface area contributed by atoms with Gasteiger partial charge in [0.25, 0.3) is 0 Å². The van der Waals surface area contributed by atoms with E-state index in [0.717, 1.165) is 36.1 Å². The summed E-state index contributed by atoms with van der Waals surface area (Å²) in [6, 6.07) is 8.35. The van der Waals surface area contributed by atoms with Crippen LogP contribution in [-0.4, -0.2) is 5.78 Å². The summed E-state index contributed by atoms with van der Waals surface area (Å²) in [5.74, 6) is 1.50. The Labute approximate surface area is 118 Å². The van der Waals surface area contributed by atoms with Crippen LogP contribution in [0.2, 0.25) is 0 Å². The van der Waals surface area contributed by atoms with Crippen LogP contribution in [0.3, 0.4) is 0 Å². The van der Waals surface area contributed by atoms with Crippen molar-refractivity contribution in [2.75, 3.05) is 0 Å². The van der Waals surface area contributed by atoms with Gasteiger partial charge in [0.15, 0.2) is 0 Å². The molecule has 0 bridgehead atoms. The van der Waals surface area contributed by atoms with E-state index >= 15 is 0 Å². The van der Waals surface area contributed by atoms with Crippen LogP contribution in [0, 0.1) is 11.8 Å². The number of rotatable bonds is 4. The lowest BCUT2D eigenvalue weighted by Crippen LogP contribution is -2.26. The fourth-order valence-electron chi connectivity index (χ4n) is 3.02. The molecular formula is C16H21BrO. The zero-order chi connectivity index (χ0) is 13.0. The summed E-state index contributed by atoms with van der Waals surface area (Å²) < 4.78 is 1.10. The minimum Gasteiger partial charge on any atom is -0.299 e. The molecule has 1 aliphatic rings. The van der Waals surface area contributed by atoms with Crippen molar-refractivity contribution in [3.63, 3.8) is 0 Å². The van der Waals surface area contributed by atoms with Crippen LogP contribution in [0.15, 0.2) is 28.7 Å². The molecule has 1 aromatic rings. The molecule has 0 aromatic heterocycles. The molecule has 0 amide bonds. The second kappa shape index (κ2) is 6.51. The number of hydrogen-bond donors (Lipinski definition) is 0. The first kappa shape index (κ1) is 13.8. The third-order valence-corrected chi connectivity index (χ3v) is 4.43. The lowest BCUT2D eigenvalue weighted by molar-refractivity contribution is -0.125. The number of ketones is 1. The molecule has 0 radical (unpaired) electrons. The van der Waals surface area contributed by atoms with E-state index in [1.807, 2.05) is 6.07 Å². The zero-order valence-corrected chi connectivity index (χ0v) is 12.6. The predicted octanol–water partition coefficient (Wildman–Crippen LogP) is 4.78. The molecule has 0 N–H and O–H groups in total. The van der Waals surface area contributed by atoms with Gasteiger partial charge in [-0.3, -0.25) is 4.79 Å². The highest BCUT2D eigenvalue weighted by Gasteiger charge is 2.28. The first-order valence-electron chi connectivity index (χ1n) is 6.96. The molecule has 98 valence electrons. The lowest BCUT2D eigenvalue weighted by Gasteiger charge is -2.28. The van der Waals surface area contributed by atoms with Crippen molar-refractivity contribution < 1.29 is 4.79 Å². The molecule has 1 aromatic carbocycles. The highest BCUT2D eigenvalue weighted by Crippen LogP contribution is 2.32. The van der Waals surface area contributed by atoms with Crippen LogP contribution in [-0.2, 0) is 11.2 Å². The van der Waals surface area contributed by atoms with E-state index in [0.29, 0.717) is 5.78 Å². The first-order chi connectivity index (χ1) is 8.69. The normalized spacial score (nSPS) is 24.2. The van der Waals surface area contributed by atoms with Crippen LogP contribution in [0.1, 0.15) is 44.6 Å². The second-order valence-corrected chi connectivity index (χ2v) is 6.34. The molecule has 0 heterocycles. The zero-order valence-electron chi connectivity index (χ0n) is 11.0. The van der Waals surface area contributed by atoms with Gasteiger partial charge in [-0.2, -0.15) is 0 Å². The highest BCUT2D eigenvalue weighted by molar-refractivity contribution is 9.10. The van der Waals surface area contributed by atoms with Gasteiger partial charge < -0.3 is 0 Å². The highest BCUT2D eigenvalue weighted by atomic mass is 79.9. The van der Waals surface area contributed by atoms with E-state index in [9.17, 15) is 4.79 Å². The number of hydrogen-bond acceptors (Lipinski definition) is 1. The Balaban J connectivity index is 2.00. The van der Waals surface area contributed by atoms with Crippen LogP contribution >= 0.6 is 15.9 Å². The fourth-order valence-corrected chi connectivity index (χ4v) is 3.46. The van der Waals surface area contributed by atoms with Crippen molar-refractivity contribution in [2.24, 2.45) is 11.8 Å². The van der Waals surface area contributed by atoms with Crippen LogP contribution in [0.4, 0.5) is 0 Å². The summed E-state index contributed by atoms with van der Waals surface area (Å²) in [6.07, 6.45) is 6.44. The minimum absolute atomic E-state index is 0.254. The average Bonchev–Trinajstić information content (AvgIpc) is 2.34. The van der Waals surface area contributed by atoms with Gasteiger partial charge in [-0.25, -0.2) is 0 Å². The minimum atomic E-state index is 0.254. The molecule has 18 heavy (non-hydrogen) atoms. The average molecular weight is 309 g/mol. The molecule has 1 fully saturated rings. The Kier molecular flexibility index (Phi) is 4.99. The van der Waals surface area contributed by atoms with Crippen molar-refractivity contribution in [3.05, 3.63) is 34.3 Å². The summed E-state index contributed by atoms with van der Waals surface area (Å²) in [7, 11) is 0. The largest absolute Gasteiger partial charge is 0.299 e. The quantitative estimate of drug-likeness (QED) is 0.782. The molecule has 1 aliphatic carbocycles. The maximum Gasteiger partial charge on any atom is 0.136 e. The lowest BCUT2D eigenvalue weighted by atomic mass is 9.76. The standard InChI is InChI=1S/C16H21BrO/c1-2-4-12-7-8-16(18)14(9-12)10-13-5-3-6-15(17)11-13/h3,5-6,11-12,14H,2,4,7-10H2,1H3. The van der Waals surface area contributed by atoms with E-state index in [4.69, 9.17) is 0 Å². The summed E-state index contributed by atoms with van der Waals surface area (Å²) in [4.78, 5) is 12.0.